The predicted octanol–water partition coefficient (Wildman–Crippen LogP) is 1.06. The Morgan fingerprint density at radius 1 is 1.43 bits per heavy atom. The van der Waals surface area contributed by atoms with Crippen LogP contribution >= 0.6 is 11.6 Å². The number of hydrogen-bond acceptors (Lipinski definition) is 4. The number of aliphatic hydroxyl groups is 1. The number of ether oxygens (including phenoxy) is 2. The fourth-order valence-corrected chi connectivity index (χ4v) is 1.59. The highest BCUT2D eigenvalue weighted by atomic mass is 35.5. The Labute approximate surface area is 86.2 Å². The summed E-state index contributed by atoms with van der Waals surface area (Å²) in [5, 5.41) is 9.97. The summed E-state index contributed by atoms with van der Waals surface area (Å²) < 4.78 is 10.3. The van der Waals surface area contributed by atoms with E-state index in [-0.39, 0.29) is 13.3 Å². The molecule has 0 aromatic heterocycles. The molecule has 0 spiro atoms. The average molecular weight is 216 g/mol. The van der Waals surface area contributed by atoms with Crippen molar-refractivity contribution in [2.24, 2.45) is 5.73 Å². The van der Waals surface area contributed by atoms with Crippen molar-refractivity contribution >= 4 is 11.6 Å². The Morgan fingerprint density at radius 3 is 2.71 bits per heavy atom. The van der Waals surface area contributed by atoms with Crippen LogP contribution < -0.4 is 15.2 Å². The van der Waals surface area contributed by atoms with Crippen molar-refractivity contribution in [2.45, 2.75) is 6.10 Å². The zero-order valence-corrected chi connectivity index (χ0v) is 8.12. The average Bonchev–Trinajstić information content (AvgIpc) is 2.62. The number of aliphatic hydroxyl groups excluding tert-OH is 1. The number of halogens is 1. The third kappa shape index (κ3) is 1.52. The molecule has 1 aliphatic heterocycles. The van der Waals surface area contributed by atoms with Crippen LogP contribution in [0.25, 0.3) is 0 Å². The molecule has 2 rings (SSSR count). The third-order valence-corrected chi connectivity index (χ3v) is 2.40. The second-order valence-electron chi connectivity index (χ2n) is 2.98. The molecule has 3 N–H and O–H groups in total. The van der Waals surface area contributed by atoms with Gasteiger partial charge in [0, 0.05) is 18.2 Å². The Morgan fingerprint density at radius 2 is 2.07 bits per heavy atom. The molecule has 5 heteroatoms. The van der Waals surface area contributed by atoms with Gasteiger partial charge >= 0.3 is 0 Å². The molecule has 0 fully saturated rings. The number of fused-ring (bicyclic) bond motifs is 1. The lowest BCUT2D eigenvalue weighted by Gasteiger charge is -2.10. The van der Waals surface area contributed by atoms with Crippen LogP contribution in [0.2, 0.25) is 5.02 Å². The van der Waals surface area contributed by atoms with Crippen molar-refractivity contribution in [3.63, 3.8) is 0 Å². The van der Waals surface area contributed by atoms with E-state index in [1.54, 1.807) is 12.1 Å². The highest BCUT2D eigenvalue weighted by Crippen LogP contribution is 2.38. The Kier molecular flexibility index (Phi) is 2.50. The number of hydrogen-bond donors (Lipinski definition) is 2. The van der Waals surface area contributed by atoms with Crippen LogP contribution in [-0.4, -0.2) is 18.4 Å². The second-order valence-corrected chi connectivity index (χ2v) is 3.39. The van der Waals surface area contributed by atoms with Gasteiger partial charge in [-0.2, -0.15) is 0 Å². The number of benzene rings is 1. The van der Waals surface area contributed by atoms with Gasteiger partial charge in [-0.25, -0.2) is 0 Å². The number of rotatable bonds is 2. The molecule has 1 aromatic carbocycles. The molecule has 14 heavy (non-hydrogen) atoms. The molecule has 76 valence electrons. The fraction of sp³-hybridized carbons (Fsp3) is 0.333. The largest absolute Gasteiger partial charge is 0.454 e. The summed E-state index contributed by atoms with van der Waals surface area (Å²) in [5.41, 5.74) is 5.91. The van der Waals surface area contributed by atoms with Gasteiger partial charge in [-0.15, -0.1) is 0 Å². The minimum Gasteiger partial charge on any atom is -0.454 e. The molecule has 4 nitrogen and oxygen atoms in total. The van der Waals surface area contributed by atoms with Crippen LogP contribution in [0, 0.1) is 0 Å². The molecule has 1 unspecified atom stereocenters. The van der Waals surface area contributed by atoms with Gasteiger partial charge in [0.15, 0.2) is 11.5 Å². The first-order valence-corrected chi connectivity index (χ1v) is 4.57. The third-order valence-electron chi connectivity index (χ3n) is 2.07. The van der Waals surface area contributed by atoms with E-state index in [0.717, 1.165) is 0 Å². The normalized spacial score (nSPS) is 15.6. The maximum atomic E-state index is 9.54. The summed E-state index contributed by atoms with van der Waals surface area (Å²) in [4.78, 5) is 0. The molecule has 1 heterocycles. The van der Waals surface area contributed by atoms with Crippen LogP contribution in [0.15, 0.2) is 12.1 Å². The zero-order valence-electron chi connectivity index (χ0n) is 7.37. The Hall–Kier alpha value is -0.970. The Bertz CT molecular complexity index is 356. The lowest BCUT2D eigenvalue weighted by Crippen LogP contribution is -2.11. The van der Waals surface area contributed by atoms with Gasteiger partial charge in [0.1, 0.15) is 0 Å². The van der Waals surface area contributed by atoms with E-state index >= 15 is 0 Å². The van der Waals surface area contributed by atoms with Crippen molar-refractivity contribution in [1.29, 1.82) is 0 Å². The molecule has 1 aromatic rings. The SMILES string of the molecule is NCC(O)c1cc2c(cc1Cl)OCO2. The van der Waals surface area contributed by atoms with Gasteiger partial charge in [0.05, 0.1) is 11.1 Å². The standard InChI is InChI=1S/C9H10ClNO3/c10-6-2-9-8(13-4-14-9)1-5(6)7(12)3-11/h1-2,7,12H,3-4,11H2. The smallest absolute Gasteiger partial charge is 0.231 e. The maximum absolute atomic E-state index is 9.54. The van der Waals surface area contributed by atoms with Gasteiger partial charge in [0.25, 0.3) is 0 Å². The van der Waals surface area contributed by atoms with Crippen molar-refractivity contribution < 1.29 is 14.6 Å². The van der Waals surface area contributed by atoms with E-state index in [0.29, 0.717) is 22.1 Å². The molecule has 0 aliphatic carbocycles. The summed E-state index contributed by atoms with van der Waals surface area (Å²) in [6.07, 6.45) is -0.767. The van der Waals surface area contributed by atoms with Crippen LogP contribution in [0.3, 0.4) is 0 Å². The number of nitrogens with two attached hydrogens (primary N) is 1. The summed E-state index contributed by atoms with van der Waals surface area (Å²) >= 11 is 5.93. The highest BCUT2D eigenvalue weighted by molar-refractivity contribution is 6.31. The van der Waals surface area contributed by atoms with Crippen molar-refractivity contribution in [1.82, 2.24) is 0 Å². The Balaban J connectivity index is 2.42. The minimum absolute atomic E-state index is 0.124. The first kappa shape index (κ1) is 9.58. The highest BCUT2D eigenvalue weighted by Gasteiger charge is 2.19. The quantitative estimate of drug-likeness (QED) is 0.775. The van der Waals surface area contributed by atoms with Gasteiger partial charge in [0.2, 0.25) is 6.79 Å². The molecule has 1 atom stereocenters. The fourth-order valence-electron chi connectivity index (χ4n) is 1.32. The lowest BCUT2D eigenvalue weighted by molar-refractivity contribution is 0.172. The monoisotopic (exact) mass is 215 g/mol. The van der Waals surface area contributed by atoms with Crippen LogP contribution in [0.5, 0.6) is 11.5 Å². The van der Waals surface area contributed by atoms with Crippen molar-refractivity contribution in [3.05, 3.63) is 22.7 Å². The van der Waals surface area contributed by atoms with E-state index in [1.807, 2.05) is 0 Å². The molecular formula is C9H10ClNO3. The van der Waals surface area contributed by atoms with E-state index in [1.165, 1.54) is 0 Å². The van der Waals surface area contributed by atoms with E-state index in [4.69, 9.17) is 26.8 Å². The first-order valence-electron chi connectivity index (χ1n) is 4.19. The van der Waals surface area contributed by atoms with Crippen LogP contribution in [-0.2, 0) is 0 Å². The first-order chi connectivity index (χ1) is 6.72. The summed E-state index contributed by atoms with van der Waals surface area (Å²) in [5.74, 6) is 1.19. The lowest BCUT2D eigenvalue weighted by atomic mass is 10.1. The maximum Gasteiger partial charge on any atom is 0.231 e. The summed E-state index contributed by atoms with van der Waals surface area (Å²) in [7, 11) is 0. The molecule has 0 bridgehead atoms. The minimum atomic E-state index is -0.767. The van der Waals surface area contributed by atoms with E-state index < -0.39 is 6.10 Å². The van der Waals surface area contributed by atoms with E-state index in [9.17, 15) is 5.11 Å². The van der Waals surface area contributed by atoms with Gasteiger partial charge in [-0.3, -0.25) is 0 Å². The van der Waals surface area contributed by atoms with Gasteiger partial charge in [-0.05, 0) is 6.07 Å². The topological polar surface area (TPSA) is 64.7 Å². The van der Waals surface area contributed by atoms with Gasteiger partial charge in [-0.1, -0.05) is 11.6 Å². The van der Waals surface area contributed by atoms with Crippen molar-refractivity contribution in [2.75, 3.05) is 13.3 Å². The van der Waals surface area contributed by atoms with Crippen molar-refractivity contribution in [3.8, 4) is 11.5 Å². The second kappa shape index (κ2) is 3.65. The predicted molar refractivity (Wildman–Crippen MR) is 51.6 cm³/mol. The van der Waals surface area contributed by atoms with Crippen LogP contribution in [0.1, 0.15) is 11.7 Å². The van der Waals surface area contributed by atoms with Crippen LogP contribution in [0.4, 0.5) is 0 Å². The summed E-state index contributed by atoms with van der Waals surface area (Å²) in [6, 6.07) is 3.28. The molecule has 0 saturated carbocycles. The molecule has 0 saturated heterocycles. The van der Waals surface area contributed by atoms with E-state index in [2.05, 4.69) is 0 Å². The molecule has 0 radical (unpaired) electrons. The molecule has 0 amide bonds. The molecule has 1 aliphatic rings. The zero-order chi connectivity index (χ0) is 10.1. The summed E-state index contributed by atoms with van der Waals surface area (Å²) in [6.45, 7) is 0.313. The molecular weight excluding hydrogens is 206 g/mol. The van der Waals surface area contributed by atoms with Gasteiger partial charge < -0.3 is 20.3 Å².